The van der Waals surface area contributed by atoms with E-state index in [2.05, 4.69) is 10.2 Å². The summed E-state index contributed by atoms with van der Waals surface area (Å²) in [5.74, 6) is 0.621. The van der Waals surface area contributed by atoms with Crippen LogP contribution in [0.15, 0.2) is 36.4 Å². The lowest BCUT2D eigenvalue weighted by molar-refractivity contribution is 0.0623. The van der Waals surface area contributed by atoms with Crippen molar-refractivity contribution < 1.29 is 23.5 Å². The molecule has 0 unspecified atom stereocenters. The molecule has 0 bridgehead atoms. The maximum atomic E-state index is 14.5. The molecule has 0 radical (unpaired) electrons. The lowest BCUT2D eigenvalue weighted by Crippen LogP contribution is -2.48. The Morgan fingerprint density at radius 1 is 0.969 bits per heavy atom. The third-order valence-corrected chi connectivity index (χ3v) is 6.02. The molecule has 3 amide bonds. The Labute approximate surface area is 185 Å². The van der Waals surface area contributed by atoms with Gasteiger partial charge in [0.2, 0.25) is 0 Å². The number of amides is 3. The number of benzene rings is 2. The Balaban J connectivity index is 1.22. The summed E-state index contributed by atoms with van der Waals surface area (Å²) in [6.07, 6.45) is 0. The van der Waals surface area contributed by atoms with Crippen molar-refractivity contribution in [3.8, 4) is 11.5 Å². The van der Waals surface area contributed by atoms with Gasteiger partial charge >= 0.3 is 6.03 Å². The average molecular weight is 440 g/mol. The number of piperazine rings is 1. The van der Waals surface area contributed by atoms with E-state index in [9.17, 15) is 14.0 Å². The van der Waals surface area contributed by atoms with E-state index >= 15 is 0 Å². The van der Waals surface area contributed by atoms with Gasteiger partial charge in [-0.05, 0) is 35.9 Å². The number of urea groups is 1. The molecule has 2 fully saturated rings. The molecule has 2 saturated heterocycles. The van der Waals surface area contributed by atoms with Crippen LogP contribution in [0.4, 0.5) is 14.9 Å². The largest absolute Gasteiger partial charge is 0.486 e. The number of hydrogen-bond donors (Lipinski definition) is 1. The zero-order chi connectivity index (χ0) is 22.1. The molecule has 5 rings (SSSR count). The Hall–Kier alpha value is -3.33. The van der Waals surface area contributed by atoms with Gasteiger partial charge in [-0.2, -0.15) is 0 Å². The molecular formula is C23H25FN4O4. The summed E-state index contributed by atoms with van der Waals surface area (Å²) in [6, 6.07) is 9.99. The van der Waals surface area contributed by atoms with Crippen LogP contribution in [0.5, 0.6) is 11.5 Å². The molecule has 2 aromatic rings. The van der Waals surface area contributed by atoms with Crippen LogP contribution in [-0.2, 0) is 6.54 Å². The lowest BCUT2D eigenvalue weighted by Gasteiger charge is -2.35. The summed E-state index contributed by atoms with van der Waals surface area (Å²) in [5.41, 5.74) is 1.65. The van der Waals surface area contributed by atoms with E-state index in [4.69, 9.17) is 9.47 Å². The van der Waals surface area contributed by atoms with Gasteiger partial charge in [-0.1, -0.05) is 6.07 Å². The molecule has 1 N–H and O–H groups in total. The molecule has 0 saturated carbocycles. The third-order valence-electron chi connectivity index (χ3n) is 6.02. The van der Waals surface area contributed by atoms with Crippen molar-refractivity contribution in [2.45, 2.75) is 6.54 Å². The summed E-state index contributed by atoms with van der Waals surface area (Å²) in [5, 5.41) is 2.71. The number of rotatable bonds is 4. The highest BCUT2D eigenvalue weighted by atomic mass is 19.1. The number of halogens is 1. The van der Waals surface area contributed by atoms with E-state index in [0.29, 0.717) is 58.2 Å². The van der Waals surface area contributed by atoms with Crippen LogP contribution in [0.2, 0.25) is 0 Å². The van der Waals surface area contributed by atoms with Gasteiger partial charge in [-0.25, -0.2) is 9.18 Å². The van der Waals surface area contributed by atoms with Gasteiger partial charge in [0.1, 0.15) is 19.0 Å². The minimum absolute atomic E-state index is 0.00230. The van der Waals surface area contributed by atoms with Gasteiger partial charge in [-0.3, -0.25) is 14.6 Å². The first-order chi connectivity index (χ1) is 15.6. The average Bonchev–Trinajstić information content (AvgIpc) is 3.25. The number of carbonyl (C=O) groups is 2. The first kappa shape index (κ1) is 20.6. The summed E-state index contributed by atoms with van der Waals surface area (Å²) >= 11 is 0. The molecule has 3 heterocycles. The molecular weight excluding hydrogens is 415 g/mol. The van der Waals surface area contributed by atoms with Crippen molar-refractivity contribution in [2.75, 3.05) is 57.4 Å². The second-order valence-electron chi connectivity index (χ2n) is 8.09. The van der Waals surface area contributed by atoms with Crippen molar-refractivity contribution >= 4 is 17.6 Å². The standard InChI is InChI=1S/C23H25FN4O4/c24-19-3-2-17(28-6-5-25-23(28)30)14-18(19)22(29)27-9-7-26(8-10-27)15-16-1-4-20-21(13-16)32-12-11-31-20/h1-4,13-14H,5-12,15H2,(H,25,30). The second-order valence-corrected chi connectivity index (χ2v) is 8.09. The third kappa shape index (κ3) is 4.08. The quantitative estimate of drug-likeness (QED) is 0.788. The van der Waals surface area contributed by atoms with Gasteiger partial charge in [0.25, 0.3) is 5.91 Å². The number of nitrogens with one attached hydrogen (secondary N) is 1. The van der Waals surface area contributed by atoms with Crippen molar-refractivity contribution in [2.24, 2.45) is 0 Å². The van der Waals surface area contributed by atoms with Gasteiger partial charge in [0.15, 0.2) is 11.5 Å². The Bertz CT molecular complexity index is 1040. The van der Waals surface area contributed by atoms with E-state index in [0.717, 1.165) is 23.6 Å². The summed E-state index contributed by atoms with van der Waals surface area (Å²) in [4.78, 5) is 30.4. The van der Waals surface area contributed by atoms with Crippen molar-refractivity contribution in [1.29, 1.82) is 0 Å². The van der Waals surface area contributed by atoms with Crippen molar-refractivity contribution in [3.63, 3.8) is 0 Å². The smallest absolute Gasteiger partial charge is 0.321 e. The number of carbonyl (C=O) groups excluding carboxylic acids is 2. The Morgan fingerprint density at radius 3 is 2.50 bits per heavy atom. The topological polar surface area (TPSA) is 74.4 Å². The SMILES string of the molecule is O=C(c1cc(N2CCNC2=O)ccc1F)N1CCN(Cc2ccc3c(c2)OCCO3)CC1. The van der Waals surface area contributed by atoms with Crippen LogP contribution in [0, 0.1) is 5.82 Å². The van der Waals surface area contributed by atoms with Gasteiger partial charge in [0.05, 0.1) is 5.56 Å². The first-order valence-electron chi connectivity index (χ1n) is 10.8. The molecule has 9 heteroatoms. The maximum Gasteiger partial charge on any atom is 0.321 e. The molecule has 3 aliphatic rings. The van der Waals surface area contributed by atoms with Crippen LogP contribution in [-0.4, -0.2) is 74.2 Å². The first-order valence-corrected chi connectivity index (χ1v) is 10.8. The molecule has 0 atom stereocenters. The van der Waals surface area contributed by atoms with E-state index in [1.807, 2.05) is 18.2 Å². The van der Waals surface area contributed by atoms with Crippen LogP contribution in [0.1, 0.15) is 15.9 Å². The zero-order valence-electron chi connectivity index (χ0n) is 17.7. The van der Waals surface area contributed by atoms with Crippen molar-refractivity contribution in [1.82, 2.24) is 15.1 Å². The van der Waals surface area contributed by atoms with Gasteiger partial charge < -0.3 is 19.7 Å². The molecule has 8 nitrogen and oxygen atoms in total. The highest BCUT2D eigenvalue weighted by Crippen LogP contribution is 2.31. The van der Waals surface area contributed by atoms with E-state index in [1.54, 1.807) is 4.90 Å². The summed E-state index contributed by atoms with van der Waals surface area (Å²) < 4.78 is 25.7. The molecule has 0 spiro atoms. The molecule has 168 valence electrons. The minimum Gasteiger partial charge on any atom is -0.486 e. The second kappa shape index (κ2) is 8.66. The summed E-state index contributed by atoms with van der Waals surface area (Å²) in [7, 11) is 0. The highest BCUT2D eigenvalue weighted by Gasteiger charge is 2.27. The molecule has 2 aromatic carbocycles. The Kier molecular flexibility index (Phi) is 5.57. The van der Waals surface area contributed by atoms with Crippen molar-refractivity contribution in [3.05, 3.63) is 53.3 Å². The lowest BCUT2D eigenvalue weighted by atomic mass is 10.1. The molecule has 3 aliphatic heterocycles. The number of anilines is 1. The monoisotopic (exact) mass is 440 g/mol. The maximum absolute atomic E-state index is 14.5. The number of hydrogen-bond acceptors (Lipinski definition) is 5. The Morgan fingerprint density at radius 2 is 1.75 bits per heavy atom. The molecule has 0 aromatic heterocycles. The molecule has 0 aliphatic carbocycles. The highest BCUT2D eigenvalue weighted by molar-refractivity contribution is 5.98. The fraction of sp³-hybridized carbons (Fsp3) is 0.391. The van der Waals surface area contributed by atoms with E-state index < -0.39 is 5.82 Å². The number of nitrogens with zero attached hydrogens (tertiary/aromatic N) is 3. The minimum atomic E-state index is -0.572. The molecule has 32 heavy (non-hydrogen) atoms. The fourth-order valence-corrected chi connectivity index (χ4v) is 4.29. The van der Waals surface area contributed by atoms with Gasteiger partial charge in [-0.15, -0.1) is 0 Å². The van der Waals surface area contributed by atoms with E-state index in [1.165, 1.54) is 23.1 Å². The van der Waals surface area contributed by atoms with Crippen LogP contribution in [0.3, 0.4) is 0 Å². The number of ether oxygens (including phenoxy) is 2. The predicted octanol–water partition coefficient (Wildman–Crippen LogP) is 2.08. The van der Waals surface area contributed by atoms with Crippen LogP contribution in [0.25, 0.3) is 0 Å². The normalized spacial score (nSPS) is 18.6. The van der Waals surface area contributed by atoms with Gasteiger partial charge in [0, 0.05) is 51.5 Å². The van der Waals surface area contributed by atoms with Crippen LogP contribution < -0.4 is 19.7 Å². The van der Waals surface area contributed by atoms with E-state index in [-0.39, 0.29) is 17.5 Å². The number of fused-ring (bicyclic) bond motifs is 1. The van der Waals surface area contributed by atoms with Crippen LogP contribution >= 0.6 is 0 Å². The predicted molar refractivity (Wildman–Crippen MR) is 116 cm³/mol. The fourth-order valence-electron chi connectivity index (χ4n) is 4.29. The zero-order valence-corrected chi connectivity index (χ0v) is 17.7. The summed E-state index contributed by atoms with van der Waals surface area (Å²) in [6.45, 7) is 5.29.